The molecule has 0 unspecified atom stereocenters. The van der Waals surface area contributed by atoms with Crippen molar-refractivity contribution in [2.24, 2.45) is 4.99 Å². The van der Waals surface area contributed by atoms with Gasteiger partial charge in [0.2, 0.25) is 0 Å². The Labute approximate surface area is 147 Å². The first-order valence-corrected chi connectivity index (χ1v) is 9.08. The molecule has 5 nitrogen and oxygen atoms in total. The zero-order chi connectivity index (χ0) is 17.4. The van der Waals surface area contributed by atoms with Gasteiger partial charge in [-0.2, -0.15) is 0 Å². The lowest BCUT2D eigenvalue weighted by molar-refractivity contribution is 0.280. The Kier molecular flexibility index (Phi) is 7.21. The predicted molar refractivity (Wildman–Crippen MR) is 100 cm³/mol. The molecule has 0 amide bonds. The number of nitrogens with zero attached hydrogens (tertiary/aromatic N) is 2. The van der Waals surface area contributed by atoms with E-state index in [1.807, 2.05) is 38.1 Å². The van der Waals surface area contributed by atoms with Gasteiger partial charge in [-0.1, -0.05) is 24.3 Å². The molecule has 2 aromatic rings. The fourth-order valence-corrected chi connectivity index (χ4v) is 3.24. The minimum atomic E-state index is 0.0401. The van der Waals surface area contributed by atoms with Crippen molar-refractivity contribution in [3.8, 4) is 0 Å². The van der Waals surface area contributed by atoms with Crippen LogP contribution in [0, 0.1) is 13.8 Å². The van der Waals surface area contributed by atoms with E-state index in [4.69, 9.17) is 0 Å². The van der Waals surface area contributed by atoms with E-state index in [1.54, 1.807) is 11.3 Å². The molecule has 0 saturated carbocycles. The molecular weight excluding hydrogens is 320 g/mol. The second kappa shape index (κ2) is 9.39. The van der Waals surface area contributed by atoms with Crippen molar-refractivity contribution in [1.82, 2.24) is 15.6 Å². The topological polar surface area (TPSA) is 69.5 Å². The lowest BCUT2D eigenvalue weighted by Crippen LogP contribution is -2.38. The van der Waals surface area contributed by atoms with Gasteiger partial charge in [-0.15, -0.1) is 11.3 Å². The van der Waals surface area contributed by atoms with E-state index in [1.165, 1.54) is 4.88 Å². The SMILES string of the molecule is CCNC(=NCc1ccccc1CO)NCCc1nc(C)c(C)s1. The van der Waals surface area contributed by atoms with Gasteiger partial charge in [-0.3, -0.25) is 0 Å². The molecule has 0 bridgehead atoms. The van der Waals surface area contributed by atoms with Crippen molar-refractivity contribution < 1.29 is 5.11 Å². The Hall–Kier alpha value is -1.92. The Bertz CT molecular complexity index is 662. The minimum absolute atomic E-state index is 0.0401. The van der Waals surface area contributed by atoms with Gasteiger partial charge in [0.1, 0.15) is 0 Å². The smallest absolute Gasteiger partial charge is 0.191 e. The molecule has 130 valence electrons. The van der Waals surface area contributed by atoms with Gasteiger partial charge in [-0.25, -0.2) is 9.98 Å². The first kappa shape index (κ1) is 18.4. The highest BCUT2D eigenvalue weighted by atomic mass is 32.1. The zero-order valence-electron chi connectivity index (χ0n) is 14.6. The summed E-state index contributed by atoms with van der Waals surface area (Å²) in [7, 11) is 0. The molecule has 3 N–H and O–H groups in total. The predicted octanol–water partition coefficient (Wildman–Crippen LogP) is 2.55. The maximum atomic E-state index is 9.39. The number of aliphatic hydroxyl groups is 1. The molecule has 0 atom stereocenters. The Morgan fingerprint density at radius 1 is 1.21 bits per heavy atom. The number of hydrogen-bond donors (Lipinski definition) is 3. The highest BCUT2D eigenvalue weighted by Crippen LogP contribution is 2.16. The summed E-state index contributed by atoms with van der Waals surface area (Å²) >= 11 is 1.76. The van der Waals surface area contributed by atoms with Crippen LogP contribution in [0.1, 0.15) is 33.6 Å². The highest BCUT2D eigenvalue weighted by Gasteiger charge is 2.05. The van der Waals surface area contributed by atoms with Gasteiger partial charge in [0, 0.05) is 24.4 Å². The first-order valence-electron chi connectivity index (χ1n) is 8.26. The maximum absolute atomic E-state index is 9.39. The molecule has 1 aromatic carbocycles. The molecule has 0 spiro atoms. The molecule has 1 aromatic heterocycles. The summed E-state index contributed by atoms with van der Waals surface area (Å²) in [6, 6.07) is 7.83. The Morgan fingerprint density at radius 3 is 2.58 bits per heavy atom. The molecule has 24 heavy (non-hydrogen) atoms. The fourth-order valence-electron chi connectivity index (χ4n) is 2.31. The summed E-state index contributed by atoms with van der Waals surface area (Å²) in [6.45, 7) is 8.39. The van der Waals surface area contributed by atoms with Crippen LogP contribution in [-0.2, 0) is 19.6 Å². The molecule has 2 rings (SSSR count). The average molecular weight is 347 g/mol. The molecule has 0 radical (unpaired) electrons. The number of aliphatic hydroxyl groups excluding tert-OH is 1. The van der Waals surface area contributed by atoms with Crippen LogP contribution in [0.4, 0.5) is 0 Å². The van der Waals surface area contributed by atoms with Gasteiger partial charge in [-0.05, 0) is 31.9 Å². The van der Waals surface area contributed by atoms with Crippen LogP contribution in [-0.4, -0.2) is 29.1 Å². The van der Waals surface area contributed by atoms with Crippen molar-refractivity contribution in [2.45, 2.75) is 40.3 Å². The van der Waals surface area contributed by atoms with Crippen molar-refractivity contribution in [3.63, 3.8) is 0 Å². The van der Waals surface area contributed by atoms with Crippen LogP contribution in [0.3, 0.4) is 0 Å². The number of aromatic nitrogens is 1. The number of aryl methyl sites for hydroxylation is 2. The van der Waals surface area contributed by atoms with E-state index in [-0.39, 0.29) is 6.61 Å². The van der Waals surface area contributed by atoms with Crippen LogP contribution in [0.15, 0.2) is 29.3 Å². The summed E-state index contributed by atoms with van der Waals surface area (Å²) in [5.74, 6) is 0.787. The summed E-state index contributed by atoms with van der Waals surface area (Å²) in [6.07, 6.45) is 0.886. The lowest BCUT2D eigenvalue weighted by Gasteiger charge is -2.11. The van der Waals surface area contributed by atoms with Gasteiger partial charge < -0.3 is 15.7 Å². The van der Waals surface area contributed by atoms with E-state index in [9.17, 15) is 5.11 Å². The quantitative estimate of drug-likeness (QED) is 0.532. The van der Waals surface area contributed by atoms with Gasteiger partial charge >= 0.3 is 0 Å². The highest BCUT2D eigenvalue weighted by molar-refractivity contribution is 7.11. The van der Waals surface area contributed by atoms with Crippen LogP contribution in [0.2, 0.25) is 0 Å². The van der Waals surface area contributed by atoms with E-state index in [0.29, 0.717) is 6.54 Å². The van der Waals surface area contributed by atoms with Gasteiger partial charge in [0.05, 0.1) is 23.9 Å². The van der Waals surface area contributed by atoms with Crippen molar-refractivity contribution in [1.29, 1.82) is 0 Å². The molecule has 0 aliphatic rings. The molecule has 0 aliphatic heterocycles. The second-order valence-corrected chi connectivity index (χ2v) is 6.84. The van der Waals surface area contributed by atoms with Crippen LogP contribution in [0.5, 0.6) is 0 Å². The van der Waals surface area contributed by atoms with E-state index < -0.39 is 0 Å². The zero-order valence-corrected chi connectivity index (χ0v) is 15.4. The number of rotatable bonds is 7. The second-order valence-electron chi connectivity index (χ2n) is 5.55. The van der Waals surface area contributed by atoms with Crippen LogP contribution < -0.4 is 10.6 Å². The third-order valence-corrected chi connectivity index (χ3v) is 4.88. The standard InChI is InChI=1S/C18H26N4OS/c1-4-19-18(20-10-9-17-22-13(2)14(3)24-17)21-11-15-7-5-6-8-16(15)12-23/h5-8,23H,4,9-12H2,1-3H3,(H2,19,20,21). The molecule has 0 fully saturated rings. The van der Waals surface area contributed by atoms with Crippen LogP contribution in [0.25, 0.3) is 0 Å². The maximum Gasteiger partial charge on any atom is 0.191 e. The fraction of sp³-hybridized carbons (Fsp3) is 0.444. The number of nitrogens with one attached hydrogen (secondary N) is 2. The number of benzene rings is 1. The van der Waals surface area contributed by atoms with Crippen molar-refractivity contribution in [2.75, 3.05) is 13.1 Å². The number of aliphatic imine (C=N–C) groups is 1. The Balaban J connectivity index is 1.92. The monoisotopic (exact) mass is 346 g/mol. The molecule has 1 heterocycles. The van der Waals surface area contributed by atoms with E-state index in [2.05, 4.69) is 27.5 Å². The van der Waals surface area contributed by atoms with E-state index >= 15 is 0 Å². The van der Waals surface area contributed by atoms with Gasteiger partial charge in [0.25, 0.3) is 0 Å². The lowest BCUT2D eigenvalue weighted by atomic mass is 10.1. The van der Waals surface area contributed by atoms with E-state index in [0.717, 1.165) is 47.3 Å². The average Bonchev–Trinajstić information content (AvgIpc) is 2.91. The van der Waals surface area contributed by atoms with Gasteiger partial charge in [0.15, 0.2) is 5.96 Å². The molecule has 0 saturated heterocycles. The minimum Gasteiger partial charge on any atom is -0.392 e. The summed E-state index contributed by atoms with van der Waals surface area (Å²) in [5, 5.41) is 17.1. The van der Waals surface area contributed by atoms with Crippen molar-refractivity contribution in [3.05, 3.63) is 51.0 Å². The van der Waals surface area contributed by atoms with Crippen molar-refractivity contribution >= 4 is 17.3 Å². The normalized spacial score (nSPS) is 11.6. The molecule has 0 aliphatic carbocycles. The van der Waals surface area contributed by atoms with Crippen LogP contribution >= 0.6 is 11.3 Å². The number of hydrogen-bond acceptors (Lipinski definition) is 4. The summed E-state index contributed by atoms with van der Waals surface area (Å²) in [5.41, 5.74) is 3.09. The molecular formula is C18H26N4OS. The summed E-state index contributed by atoms with van der Waals surface area (Å²) < 4.78 is 0. The summed E-state index contributed by atoms with van der Waals surface area (Å²) in [4.78, 5) is 10.5. The number of thiazole rings is 1. The largest absolute Gasteiger partial charge is 0.392 e. The first-order chi connectivity index (χ1) is 11.6. The third kappa shape index (κ3) is 5.32. The Morgan fingerprint density at radius 2 is 1.96 bits per heavy atom. The third-order valence-electron chi connectivity index (χ3n) is 3.74. The molecule has 6 heteroatoms. The number of guanidine groups is 1.